The van der Waals surface area contributed by atoms with Gasteiger partial charge in [-0.05, 0) is 12.1 Å². The molecule has 0 amide bonds. The van der Waals surface area contributed by atoms with Crippen LogP contribution in [0, 0.1) is 0 Å². The molecule has 0 saturated carbocycles. The first-order valence-corrected chi connectivity index (χ1v) is 7.59. The van der Waals surface area contributed by atoms with Gasteiger partial charge in [0.15, 0.2) is 0 Å². The summed E-state index contributed by atoms with van der Waals surface area (Å²) in [7, 11) is -1.13. The second-order valence-electron chi connectivity index (χ2n) is 3.86. The molecule has 0 fully saturated rings. The van der Waals surface area contributed by atoms with Crippen LogP contribution in [-0.2, 0) is 14.8 Å². The number of nitrogens with zero attached hydrogens (tertiary/aromatic N) is 1. The van der Waals surface area contributed by atoms with Crippen LogP contribution in [0.3, 0.4) is 0 Å². The van der Waals surface area contributed by atoms with Gasteiger partial charge in [-0.2, -0.15) is 4.31 Å². The number of carbonyl (C=O) groups is 1. The minimum atomic E-state index is -3.92. The summed E-state index contributed by atoms with van der Waals surface area (Å²) in [5, 5.41) is 8.49. The number of likely N-dealkylation sites (N-methyl/N-ethyl adjacent to an activating group) is 1. The van der Waals surface area contributed by atoms with Gasteiger partial charge in [0.2, 0.25) is 10.0 Å². The van der Waals surface area contributed by atoms with Crippen molar-refractivity contribution in [1.29, 1.82) is 0 Å². The number of aromatic carboxylic acids is 1. The van der Waals surface area contributed by atoms with Crippen molar-refractivity contribution >= 4 is 39.2 Å². The van der Waals surface area contributed by atoms with Crippen LogP contribution in [0.5, 0.6) is 0 Å². The van der Waals surface area contributed by atoms with E-state index in [0.29, 0.717) is 0 Å². The van der Waals surface area contributed by atoms with Gasteiger partial charge in [0.1, 0.15) is 4.90 Å². The molecule has 1 aromatic carbocycles. The highest BCUT2D eigenvalue weighted by atomic mass is 35.5. The van der Waals surface area contributed by atoms with E-state index >= 15 is 0 Å². The van der Waals surface area contributed by atoms with E-state index in [4.69, 9.17) is 33.0 Å². The maximum Gasteiger partial charge on any atom is 0.338 e. The van der Waals surface area contributed by atoms with E-state index in [1.807, 2.05) is 0 Å². The largest absolute Gasteiger partial charge is 0.478 e. The summed E-state index contributed by atoms with van der Waals surface area (Å²) in [5.74, 6) is -1.39. The van der Waals surface area contributed by atoms with E-state index in [0.717, 1.165) is 4.31 Å². The van der Waals surface area contributed by atoms with Gasteiger partial charge in [-0.3, -0.25) is 0 Å². The smallest absolute Gasteiger partial charge is 0.338 e. The van der Waals surface area contributed by atoms with Crippen molar-refractivity contribution in [3.05, 3.63) is 27.7 Å². The van der Waals surface area contributed by atoms with Crippen LogP contribution in [0.25, 0.3) is 0 Å². The molecule has 1 rings (SSSR count). The predicted molar refractivity (Wildman–Crippen MR) is 75.1 cm³/mol. The molecule has 0 aromatic heterocycles. The molecule has 1 aromatic rings. The van der Waals surface area contributed by atoms with Gasteiger partial charge in [0.25, 0.3) is 0 Å². The van der Waals surface area contributed by atoms with E-state index in [2.05, 4.69) is 0 Å². The second-order valence-corrected chi connectivity index (χ2v) is 6.66. The van der Waals surface area contributed by atoms with Gasteiger partial charge in [-0.15, -0.1) is 0 Å². The van der Waals surface area contributed by atoms with Gasteiger partial charge in [0, 0.05) is 20.7 Å². The zero-order valence-electron chi connectivity index (χ0n) is 10.8. The number of methoxy groups -OCH3 is 1. The van der Waals surface area contributed by atoms with Crippen LogP contribution in [0.15, 0.2) is 17.0 Å². The Hall–Kier alpha value is -0.860. The lowest BCUT2D eigenvalue weighted by molar-refractivity contribution is 0.0697. The summed E-state index contributed by atoms with van der Waals surface area (Å²) >= 11 is 11.6. The molecule has 0 aliphatic heterocycles. The standard InChI is InChI=1S/C11H13Cl2NO5S/c1-14(5-6-19-2)20(17,18)8-4-3-7(12)9(10(8)13)11(15)16/h3-4H,5-6H2,1-2H3,(H,15,16). The first kappa shape index (κ1) is 17.2. The van der Waals surface area contributed by atoms with Crippen LogP contribution in [0.1, 0.15) is 10.4 Å². The van der Waals surface area contributed by atoms with Crippen molar-refractivity contribution in [1.82, 2.24) is 4.31 Å². The number of carboxylic acid groups (broad SMARTS) is 1. The molecule has 20 heavy (non-hydrogen) atoms. The highest BCUT2D eigenvalue weighted by Crippen LogP contribution is 2.32. The highest BCUT2D eigenvalue weighted by molar-refractivity contribution is 7.89. The third-order valence-corrected chi connectivity index (χ3v) is 5.29. The lowest BCUT2D eigenvalue weighted by atomic mass is 10.2. The quantitative estimate of drug-likeness (QED) is 0.854. The molecule has 6 nitrogen and oxygen atoms in total. The SMILES string of the molecule is COCCN(C)S(=O)(=O)c1ccc(Cl)c(C(=O)O)c1Cl. The van der Waals surface area contributed by atoms with E-state index in [-0.39, 0.29) is 23.1 Å². The zero-order valence-corrected chi connectivity index (χ0v) is 13.1. The summed E-state index contributed by atoms with van der Waals surface area (Å²) in [4.78, 5) is 10.8. The fraction of sp³-hybridized carbons (Fsp3) is 0.364. The van der Waals surface area contributed by atoms with Gasteiger partial charge >= 0.3 is 5.97 Å². The van der Waals surface area contributed by atoms with Gasteiger partial charge in [-0.25, -0.2) is 13.2 Å². The van der Waals surface area contributed by atoms with Crippen LogP contribution in [0.2, 0.25) is 10.0 Å². The van der Waals surface area contributed by atoms with Gasteiger partial charge < -0.3 is 9.84 Å². The molecule has 1 N–H and O–H groups in total. The molecular weight excluding hydrogens is 329 g/mol. The van der Waals surface area contributed by atoms with E-state index in [1.54, 1.807) is 0 Å². The molecule has 0 radical (unpaired) electrons. The monoisotopic (exact) mass is 341 g/mol. The third kappa shape index (κ3) is 3.42. The van der Waals surface area contributed by atoms with E-state index in [9.17, 15) is 13.2 Å². The first-order valence-electron chi connectivity index (χ1n) is 5.40. The molecule has 112 valence electrons. The van der Waals surface area contributed by atoms with Crippen LogP contribution in [0.4, 0.5) is 0 Å². The van der Waals surface area contributed by atoms with Crippen molar-refractivity contribution in [2.24, 2.45) is 0 Å². The average molecular weight is 342 g/mol. The fourth-order valence-corrected chi connectivity index (χ4v) is 3.48. The number of sulfonamides is 1. The van der Waals surface area contributed by atoms with Gasteiger partial charge in [0.05, 0.1) is 22.2 Å². The van der Waals surface area contributed by atoms with Crippen LogP contribution >= 0.6 is 23.2 Å². The number of halogens is 2. The van der Waals surface area contributed by atoms with Gasteiger partial charge in [-0.1, -0.05) is 23.2 Å². The second kappa shape index (κ2) is 6.73. The molecule has 0 aliphatic rings. The predicted octanol–water partition coefficient (Wildman–Crippen LogP) is 1.96. The van der Waals surface area contributed by atoms with E-state index < -0.39 is 26.6 Å². The minimum Gasteiger partial charge on any atom is -0.478 e. The Labute approximate surface area is 126 Å². The normalized spacial score (nSPS) is 11.8. The lowest BCUT2D eigenvalue weighted by Crippen LogP contribution is -2.30. The van der Waals surface area contributed by atoms with Crippen molar-refractivity contribution < 1.29 is 23.1 Å². The van der Waals surface area contributed by atoms with E-state index in [1.165, 1.54) is 26.3 Å². The molecule has 0 atom stereocenters. The molecule has 0 unspecified atom stereocenters. The zero-order chi connectivity index (χ0) is 15.5. The Morgan fingerprint density at radius 2 is 2.00 bits per heavy atom. The molecule has 0 saturated heterocycles. The average Bonchev–Trinajstić information content (AvgIpc) is 2.34. The fourth-order valence-electron chi connectivity index (χ4n) is 1.44. The number of benzene rings is 1. The molecule has 0 heterocycles. The third-order valence-electron chi connectivity index (χ3n) is 2.57. The summed E-state index contributed by atoms with van der Waals surface area (Å²) < 4.78 is 30.4. The number of ether oxygens (including phenoxy) is 1. The Morgan fingerprint density at radius 3 is 2.50 bits per heavy atom. The summed E-state index contributed by atoms with van der Waals surface area (Å²) in [6, 6.07) is 2.36. The summed E-state index contributed by atoms with van der Waals surface area (Å²) in [6.45, 7) is 0.312. The van der Waals surface area contributed by atoms with Crippen molar-refractivity contribution in [2.75, 3.05) is 27.3 Å². The van der Waals surface area contributed by atoms with Crippen LogP contribution < -0.4 is 0 Å². The maximum atomic E-state index is 12.3. The molecule has 0 bridgehead atoms. The topological polar surface area (TPSA) is 83.9 Å². The van der Waals surface area contributed by atoms with Crippen molar-refractivity contribution in [3.63, 3.8) is 0 Å². The summed E-state index contributed by atoms with van der Waals surface area (Å²) in [6.07, 6.45) is 0. The van der Waals surface area contributed by atoms with Crippen molar-refractivity contribution in [2.45, 2.75) is 4.90 Å². The molecule has 0 aliphatic carbocycles. The maximum absolute atomic E-state index is 12.3. The highest BCUT2D eigenvalue weighted by Gasteiger charge is 2.27. The number of rotatable bonds is 6. The Morgan fingerprint density at radius 1 is 1.40 bits per heavy atom. The first-order chi connectivity index (χ1) is 9.23. The molecular formula is C11H13Cl2NO5S. The molecule has 0 spiro atoms. The molecule has 9 heteroatoms. The number of carboxylic acids is 1. The Balaban J connectivity index is 3.33. The van der Waals surface area contributed by atoms with Crippen molar-refractivity contribution in [3.8, 4) is 0 Å². The Kier molecular flexibility index (Phi) is 5.79. The minimum absolute atomic E-state index is 0.111. The number of hydrogen-bond acceptors (Lipinski definition) is 4. The Bertz CT molecular complexity index is 617. The number of hydrogen-bond donors (Lipinski definition) is 1. The summed E-state index contributed by atoms with van der Waals surface area (Å²) in [5.41, 5.74) is -0.436. The lowest BCUT2D eigenvalue weighted by Gasteiger charge is -2.18. The van der Waals surface area contributed by atoms with Crippen LogP contribution in [-0.4, -0.2) is 51.1 Å².